The maximum Gasteiger partial charge on any atom is 0.187 e. The standard InChI is InChI=1S/C22H18N2OS/c1-15-6-2-3-7-17(15)23-13-12-20(25)16-10-11-22-19(14-16)24-18-8-4-5-9-21(18)26-22/h2-14,23-24H,1H3/b13-12+. The van der Waals surface area contributed by atoms with E-state index in [2.05, 4.69) is 16.7 Å². The molecule has 3 nitrogen and oxygen atoms in total. The summed E-state index contributed by atoms with van der Waals surface area (Å²) >= 11 is 1.72. The summed E-state index contributed by atoms with van der Waals surface area (Å²) in [7, 11) is 0. The van der Waals surface area contributed by atoms with Gasteiger partial charge in [-0.1, -0.05) is 42.1 Å². The van der Waals surface area contributed by atoms with Crippen molar-refractivity contribution in [3.05, 3.63) is 90.1 Å². The van der Waals surface area contributed by atoms with E-state index in [1.165, 1.54) is 4.90 Å². The largest absolute Gasteiger partial charge is 0.361 e. The van der Waals surface area contributed by atoms with Crippen molar-refractivity contribution in [3.63, 3.8) is 0 Å². The molecule has 0 spiro atoms. The molecule has 4 heteroatoms. The highest BCUT2D eigenvalue weighted by Gasteiger charge is 2.16. The van der Waals surface area contributed by atoms with Gasteiger partial charge in [-0.05, 0) is 48.9 Å². The summed E-state index contributed by atoms with van der Waals surface area (Å²) in [6.07, 6.45) is 3.26. The van der Waals surface area contributed by atoms with Crippen LogP contribution in [-0.2, 0) is 0 Å². The molecule has 1 aliphatic heterocycles. The van der Waals surface area contributed by atoms with Gasteiger partial charge in [-0.3, -0.25) is 4.79 Å². The first-order valence-corrected chi connectivity index (χ1v) is 9.23. The zero-order valence-electron chi connectivity index (χ0n) is 14.3. The monoisotopic (exact) mass is 358 g/mol. The third-order valence-corrected chi connectivity index (χ3v) is 5.41. The van der Waals surface area contributed by atoms with Gasteiger partial charge in [0.05, 0.1) is 11.4 Å². The summed E-state index contributed by atoms with van der Waals surface area (Å²) in [5.41, 5.74) is 4.85. The molecule has 0 amide bonds. The van der Waals surface area contributed by atoms with Crippen molar-refractivity contribution in [2.75, 3.05) is 10.6 Å². The lowest BCUT2D eigenvalue weighted by Crippen LogP contribution is -2.03. The summed E-state index contributed by atoms with van der Waals surface area (Å²) in [6, 6.07) is 21.9. The van der Waals surface area contributed by atoms with Crippen molar-refractivity contribution >= 4 is 34.6 Å². The highest BCUT2D eigenvalue weighted by Crippen LogP contribution is 2.44. The van der Waals surface area contributed by atoms with Crippen LogP contribution in [0.2, 0.25) is 0 Å². The van der Waals surface area contributed by atoms with Crippen molar-refractivity contribution in [2.24, 2.45) is 0 Å². The minimum atomic E-state index is -0.0282. The van der Waals surface area contributed by atoms with Gasteiger partial charge in [-0.25, -0.2) is 0 Å². The lowest BCUT2D eigenvalue weighted by molar-refractivity contribution is 0.104. The number of anilines is 3. The second-order valence-electron chi connectivity index (χ2n) is 6.09. The quantitative estimate of drug-likeness (QED) is 0.346. The molecule has 2 N–H and O–H groups in total. The van der Waals surface area contributed by atoms with Crippen LogP contribution in [0.15, 0.2) is 88.8 Å². The Morgan fingerprint density at radius 3 is 2.62 bits per heavy atom. The lowest BCUT2D eigenvalue weighted by Gasteiger charge is -2.20. The van der Waals surface area contributed by atoms with Crippen molar-refractivity contribution in [2.45, 2.75) is 16.7 Å². The van der Waals surface area contributed by atoms with E-state index in [0.717, 1.165) is 27.5 Å². The fraction of sp³-hybridized carbons (Fsp3) is 0.0455. The molecule has 0 atom stereocenters. The molecular weight excluding hydrogens is 340 g/mol. The normalized spacial score (nSPS) is 12.2. The number of nitrogens with one attached hydrogen (secondary N) is 2. The van der Waals surface area contributed by atoms with Crippen LogP contribution in [0.3, 0.4) is 0 Å². The van der Waals surface area contributed by atoms with E-state index >= 15 is 0 Å². The average molecular weight is 358 g/mol. The molecule has 0 saturated carbocycles. The number of carbonyl (C=O) groups is 1. The van der Waals surface area contributed by atoms with Gasteiger partial charge >= 0.3 is 0 Å². The topological polar surface area (TPSA) is 41.1 Å². The minimum absolute atomic E-state index is 0.0282. The third-order valence-electron chi connectivity index (χ3n) is 4.26. The fourth-order valence-corrected chi connectivity index (χ4v) is 3.80. The first-order chi connectivity index (χ1) is 12.7. The van der Waals surface area contributed by atoms with E-state index in [-0.39, 0.29) is 5.78 Å². The minimum Gasteiger partial charge on any atom is -0.361 e. The van der Waals surface area contributed by atoms with Crippen molar-refractivity contribution < 1.29 is 4.79 Å². The summed E-state index contributed by atoms with van der Waals surface area (Å²) in [5, 5.41) is 6.58. The first-order valence-electron chi connectivity index (χ1n) is 8.42. The van der Waals surface area contributed by atoms with Gasteiger partial charge in [0.15, 0.2) is 5.78 Å². The number of ketones is 1. The summed E-state index contributed by atoms with van der Waals surface area (Å²) < 4.78 is 0. The van der Waals surface area contributed by atoms with Crippen LogP contribution >= 0.6 is 11.8 Å². The Hall–Kier alpha value is -2.98. The molecule has 0 unspecified atom stereocenters. The van der Waals surface area contributed by atoms with Crippen LogP contribution < -0.4 is 10.6 Å². The van der Waals surface area contributed by atoms with Gasteiger partial charge < -0.3 is 10.6 Å². The number of benzene rings is 3. The second kappa shape index (κ2) is 7.10. The number of carbonyl (C=O) groups excluding carboxylic acids is 1. The summed E-state index contributed by atoms with van der Waals surface area (Å²) in [5.74, 6) is -0.0282. The molecule has 128 valence electrons. The molecule has 0 radical (unpaired) electrons. The van der Waals surface area contributed by atoms with Crippen molar-refractivity contribution in [1.29, 1.82) is 0 Å². The Kier molecular flexibility index (Phi) is 4.50. The third kappa shape index (κ3) is 3.37. The predicted molar refractivity (Wildman–Crippen MR) is 109 cm³/mol. The van der Waals surface area contributed by atoms with E-state index in [0.29, 0.717) is 5.56 Å². The van der Waals surface area contributed by atoms with E-state index in [1.807, 2.05) is 67.6 Å². The van der Waals surface area contributed by atoms with Crippen LogP contribution in [0.4, 0.5) is 17.1 Å². The number of hydrogen-bond donors (Lipinski definition) is 2. The number of aryl methyl sites for hydroxylation is 1. The molecule has 4 rings (SSSR count). The molecule has 3 aromatic carbocycles. The van der Waals surface area contributed by atoms with Gasteiger partial charge in [0.1, 0.15) is 0 Å². The molecule has 26 heavy (non-hydrogen) atoms. The van der Waals surface area contributed by atoms with E-state index < -0.39 is 0 Å². The van der Waals surface area contributed by atoms with Gasteiger partial charge in [0, 0.05) is 33.3 Å². The van der Waals surface area contributed by atoms with Crippen LogP contribution in [-0.4, -0.2) is 5.78 Å². The van der Waals surface area contributed by atoms with Crippen LogP contribution in [0.25, 0.3) is 0 Å². The smallest absolute Gasteiger partial charge is 0.187 e. The molecule has 0 bridgehead atoms. The van der Waals surface area contributed by atoms with Gasteiger partial charge in [0.2, 0.25) is 0 Å². The maximum atomic E-state index is 12.5. The first kappa shape index (κ1) is 16.5. The molecule has 0 aliphatic carbocycles. The maximum absolute atomic E-state index is 12.5. The van der Waals surface area contributed by atoms with E-state index in [1.54, 1.807) is 24.0 Å². The summed E-state index contributed by atoms with van der Waals surface area (Å²) in [4.78, 5) is 14.8. The molecule has 0 aromatic heterocycles. The number of rotatable bonds is 4. The molecule has 0 saturated heterocycles. The lowest BCUT2D eigenvalue weighted by atomic mass is 10.1. The second-order valence-corrected chi connectivity index (χ2v) is 7.17. The zero-order chi connectivity index (χ0) is 17.9. The number of hydrogen-bond acceptors (Lipinski definition) is 4. The van der Waals surface area contributed by atoms with Crippen molar-refractivity contribution in [3.8, 4) is 0 Å². The Balaban J connectivity index is 1.50. The Bertz CT molecular complexity index is 1010. The highest BCUT2D eigenvalue weighted by atomic mass is 32.2. The van der Waals surface area contributed by atoms with Crippen LogP contribution in [0.5, 0.6) is 0 Å². The fourth-order valence-electron chi connectivity index (χ4n) is 2.83. The Morgan fingerprint density at radius 1 is 0.962 bits per heavy atom. The van der Waals surface area contributed by atoms with Gasteiger partial charge in [0.25, 0.3) is 0 Å². The molecule has 0 fully saturated rings. The van der Waals surface area contributed by atoms with Crippen molar-refractivity contribution in [1.82, 2.24) is 0 Å². The predicted octanol–water partition coefficient (Wildman–Crippen LogP) is 6.01. The summed E-state index contributed by atoms with van der Waals surface area (Å²) in [6.45, 7) is 2.03. The van der Waals surface area contributed by atoms with E-state index in [4.69, 9.17) is 0 Å². The molecule has 1 aliphatic rings. The van der Waals surface area contributed by atoms with E-state index in [9.17, 15) is 4.79 Å². The number of fused-ring (bicyclic) bond motifs is 2. The SMILES string of the molecule is Cc1ccccc1N/C=C/C(=O)c1ccc2c(c1)Nc1ccccc1S2. The Labute approximate surface area is 157 Å². The molecular formula is C22H18N2OS. The number of para-hydroxylation sites is 2. The molecule has 3 aromatic rings. The number of allylic oxidation sites excluding steroid dienone is 1. The zero-order valence-corrected chi connectivity index (χ0v) is 15.1. The molecule has 1 heterocycles. The van der Waals surface area contributed by atoms with Crippen LogP contribution in [0, 0.1) is 6.92 Å². The van der Waals surface area contributed by atoms with Crippen LogP contribution in [0.1, 0.15) is 15.9 Å². The van der Waals surface area contributed by atoms with Gasteiger partial charge in [-0.15, -0.1) is 0 Å². The average Bonchev–Trinajstić information content (AvgIpc) is 2.67. The van der Waals surface area contributed by atoms with Gasteiger partial charge in [-0.2, -0.15) is 0 Å². The highest BCUT2D eigenvalue weighted by molar-refractivity contribution is 7.99. The Morgan fingerprint density at radius 2 is 1.73 bits per heavy atom.